The van der Waals surface area contributed by atoms with Crippen LogP contribution in [0.4, 0.5) is 0 Å². The lowest BCUT2D eigenvalue weighted by Gasteiger charge is -2.39. The van der Waals surface area contributed by atoms with Gasteiger partial charge in [-0.25, -0.2) is 5.43 Å². The van der Waals surface area contributed by atoms with Crippen molar-refractivity contribution in [3.63, 3.8) is 0 Å². The molecule has 3 amide bonds. The van der Waals surface area contributed by atoms with E-state index in [2.05, 4.69) is 54.3 Å². The molecular formula is C48H63N7O7. The Morgan fingerprint density at radius 1 is 1.10 bits per heavy atom. The highest BCUT2D eigenvalue weighted by Crippen LogP contribution is 2.42. The molecule has 1 aliphatic carbocycles. The number of hydrazine groups is 1. The number of aromatic hydroxyl groups is 1. The number of nitrogens with two attached hydrogens (primary N) is 1. The lowest BCUT2D eigenvalue weighted by Crippen LogP contribution is -2.62. The van der Waals surface area contributed by atoms with Crippen LogP contribution in [0, 0.1) is 17.3 Å². The Labute approximate surface area is 364 Å². The van der Waals surface area contributed by atoms with Gasteiger partial charge in [0.25, 0.3) is 5.91 Å². The summed E-state index contributed by atoms with van der Waals surface area (Å²) < 4.78 is 14.2. The van der Waals surface area contributed by atoms with Crippen LogP contribution in [-0.2, 0) is 48.0 Å². The fourth-order valence-corrected chi connectivity index (χ4v) is 9.48. The molecule has 6 atom stereocenters. The van der Waals surface area contributed by atoms with Gasteiger partial charge >= 0.3 is 5.97 Å². The SMILES string of the molecule is CCn1c(-c2cccnc2[C@H](C)OC)c2c3cc(ccc31)-c1cc(O)cc(c1)C[C@H](NC(=O)[C@H](C(C)C)N(C)C(=O)[C@H]1CC[C@@H]1N)C(=O)N1CCC[C@H](N1)C(=O)OCC(C)(C)C2. The monoisotopic (exact) mass is 849 g/mol. The number of phenols is 1. The normalized spacial score (nSPS) is 22.6. The van der Waals surface area contributed by atoms with Crippen LogP contribution in [-0.4, -0.2) is 99.7 Å². The van der Waals surface area contributed by atoms with E-state index in [0.717, 1.165) is 51.0 Å². The highest BCUT2D eigenvalue weighted by molar-refractivity contribution is 5.96. The number of methoxy groups -OCH3 is 1. The Bertz CT molecular complexity index is 2340. The Kier molecular flexibility index (Phi) is 13.1. The molecule has 332 valence electrons. The molecule has 3 aliphatic rings. The minimum atomic E-state index is -1.12. The van der Waals surface area contributed by atoms with Gasteiger partial charge in [-0.3, -0.25) is 29.2 Å². The van der Waals surface area contributed by atoms with Gasteiger partial charge in [0.05, 0.1) is 30.0 Å². The maximum Gasteiger partial charge on any atom is 0.324 e. The van der Waals surface area contributed by atoms with Gasteiger partial charge in [0.1, 0.15) is 23.9 Å². The molecule has 4 heterocycles. The maximum absolute atomic E-state index is 14.6. The number of benzene rings is 2. The molecule has 14 nitrogen and oxygen atoms in total. The second-order valence-electron chi connectivity index (χ2n) is 18.5. The Morgan fingerprint density at radius 3 is 2.55 bits per heavy atom. The van der Waals surface area contributed by atoms with Crippen LogP contribution in [0.2, 0.25) is 0 Å². The van der Waals surface area contributed by atoms with Crippen molar-refractivity contribution >= 4 is 34.6 Å². The number of ether oxygens (including phenoxy) is 2. The predicted octanol–water partition coefficient (Wildman–Crippen LogP) is 5.67. The quantitative estimate of drug-likeness (QED) is 0.153. The van der Waals surface area contributed by atoms with Crippen molar-refractivity contribution in [1.82, 2.24) is 30.2 Å². The first kappa shape index (κ1) is 44.7. The van der Waals surface area contributed by atoms with Gasteiger partial charge in [-0.2, -0.15) is 0 Å². The van der Waals surface area contributed by atoms with E-state index < -0.39 is 41.3 Å². The molecule has 0 spiro atoms. The number of hydrogen-bond donors (Lipinski definition) is 4. The topological polar surface area (TPSA) is 181 Å². The number of aryl methyl sites for hydroxylation is 1. The molecule has 6 bridgehead atoms. The molecule has 1 saturated carbocycles. The lowest BCUT2D eigenvalue weighted by molar-refractivity contribution is -0.155. The summed E-state index contributed by atoms with van der Waals surface area (Å²) in [5, 5.41) is 16.7. The maximum atomic E-state index is 14.6. The van der Waals surface area contributed by atoms with E-state index in [1.165, 1.54) is 9.91 Å². The fourth-order valence-electron chi connectivity index (χ4n) is 9.48. The second kappa shape index (κ2) is 18.2. The largest absolute Gasteiger partial charge is 0.508 e. The predicted molar refractivity (Wildman–Crippen MR) is 237 cm³/mol. The van der Waals surface area contributed by atoms with Crippen molar-refractivity contribution in [2.45, 2.75) is 117 Å². The number of esters is 1. The number of fused-ring (bicyclic) bond motifs is 6. The Balaban J connectivity index is 1.35. The minimum Gasteiger partial charge on any atom is -0.508 e. The molecule has 1 saturated heterocycles. The third kappa shape index (κ3) is 8.95. The number of phenolic OH excluding ortho intramolecular Hbond substituents is 1. The summed E-state index contributed by atoms with van der Waals surface area (Å²) in [6, 6.07) is 12.5. The van der Waals surface area contributed by atoms with Crippen molar-refractivity contribution in [1.29, 1.82) is 0 Å². The summed E-state index contributed by atoms with van der Waals surface area (Å²) >= 11 is 0. The van der Waals surface area contributed by atoms with E-state index in [4.69, 9.17) is 20.2 Å². The first-order chi connectivity index (χ1) is 29.5. The highest BCUT2D eigenvalue weighted by atomic mass is 16.5. The number of cyclic esters (lactones) is 1. The van der Waals surface area contributed by atoms with Gasteiger partial charge in [-0.05, 0) is 111 Å². The van der Waals surface area contributed by atoms with Crippen LogP contribution in [0.5, 0.6) is 5.75 Å². The summed E-state index contributed by atoms with van der Waals surface area (Å²) in [6.07, 6.45) is 4.49. The number of carbonyl (C=O) groups is 4. The zero-order chi connectivity index (χ0) is 44.6. The lowest BCUT2D eigenvalue weighted by atomic mass is 9.79. The van der Waals surface area contributed by atoms with Crippen LogP contribution in [0.25, 0.3) is 33.3 Å². The average Bonchev–Trinajstić information content (AvgIpc) is 3.54. The highest BCUT2D eigenvalue weighted by Gasteiger charge is 2.41. The van der Waals surface area contributed by atoms with E-state index in [1.54, 1.807) is 32.5 Å². The molecule has 62 heavy (non-hydrogen) atoms. The molecule has 2 aliphatic heterocycles. The van der Waals surface area contributed by atoms with E-state index in [9.17, 15) is 24.3 Å². The van der Waals surface area contributed by atoms with E-state index in [1.807, 2.05) is 39.0 Å². The van der Waals surface area contributed by atoms with Gasteiger partial charge in [-0.15, -0.1) is 0 Å². The first-order valence-electron chi connectivity index (χ1n) is 22.0. The minimum absolute atomic E-state index is 0.00684. The molecule has 2 fully saturated rings. The van der Waals surface area contributed by atoms with Crippen molar-refractivity contribution in [2.24, 2.45) is 23.0 Å². The van der Waals surface area contributed by atoms with Crippen LogP contribution in [0.15, 0.2) is 54.7 Å². The van der Waals surface area contributed by atoms with Gasteiger partial charge in [-0.1, -0.05) is 39.8 Å². The summed E-state index contributed by atoms with van der Waals surface area (Å²) in [5.74, 6) is -2.22. The summed E-state index contributed by atoms with van der Waals surface area (Å²) in [5.41, 5.74) is 15.8. The van der Waals surface area contributed by atoms with Crippen LogP contribution in [0.1, 0.15) is 90.2 Å². The van der Waals surface area contributed by atoms with Gasteiger partial charge in [0, 0.05) is 67.8 Å². The molecule has 14 heteroatoms. The third-order valence-corrected chi connectivity index (χ3v) is 13.0. The first-order valence-corrected chi connectivity index (χ1v) is 22.0. The molecule has 2 aromatic carbocycles. The van der Waals surface area contributed by atoms with Crippen LogP contribution < -0.4 is 16.5 Å². The average molecular weight is 850 g/mol. The zero-order valence-electron chi connectivity index (χ0n) is 37.4. The Morgan fingerprint density at radius 2 is 1.87 bits per heavy atom. The molecule has 2 aromatic heterocycles. The number of amides is 3. The van der Waals surface area contributed by atoms with Crippen molar-refractivity contribution in [3.8, 4) is 28.1 Å². The number of likely N-dealkylation sites (N-methyl/N-ethyl adjacent to an activating group) is 1. The molecule has 4 aromatic rings. The standard InChI is InChI=1S/C48H63N7O7/c1-9-54-40-17-14-30-24-35(40)36(43(54)34-12-10-18-50-41(34)28(4)61-8)25-48(5,6)26-62-47(60)38-13-11-19-55(52-38)46(59)39(22-29-20-31(30)23-32(56)21-29)51-44(57)42(27(2)3)53(7)45(58)33-15-16-37(33)49/h10,12,14,17-18,20-21,23-24,27-28,33,37-39,42,52,56H,9,11,13,15-16,19,22,25-26,49H2,1-8H3,(H,51,57)/t28-,33-,37-,38-,39-,42-/m0/s1. The number of nitrogens with zero attached hydrogens (tertiary/aromatic N) is 4. The molecule has 7 rings (SSSR count). The summed E-state index contributed by atoms with van der Waals surface area (Å²) in [6.45, 7) is 13.1. The van der Waals surface area contributed by atoms with Crippen LogP contribution >= 0.6 is 0 Å². The summed E-state index contributed by atoms with van der Waals surface area (Å²) in [4.78, 5) is 62.6. The van der Waals surface area contributed by atoms with Gasteiger partial charge in [0.15, 0.2) is 0 Å². The van der Waals surface area contributed by atoms with Gasteiger partial charge in [0.2, 0.25) is 11.8 Å². The van der Waals surface area contributed by atoms with Crippen molar-refractivity contribution in [2.75, 3.05) is 27.3 Å². The van der Waals surface area contributed by atoms with Crippen LogP contribution in [0.3, 0.4) is 0 Å². The molecule has 5 N–H and O–H groups in total. The molecular weight excluding hydrogens is 787 g/mol. The zero-order valence-corrected chi connectivity index (χ0v) is 37.4. The fraction of sp³-hybridized carbons (Fsp3) is 0.521. The molecule has 0 unspecified atom stereocenters. The smallest absolute Gasteiger partial charge is 0.324 e. The van der Waals surface area contributed by atoms with E-state index >= 15 is 0 Å². The number of nitrogens with one attached hydrogen (secondary N) is 2. The number of pyridine rings is 1. The van der Waals surface area contributed by atoms with Crippen molar-refractivity contribution < 1.29 is 33.8 Å². The third-order valence-electron chi connectivity index (χ3n) is 13.0. The number of hydrogen-bond acceptors (Lipinski definition) is 10. The second-order valence-corrected chi connectivity index (χ2v) is 18.5. The van der Waals surface area contributed by atoms with E-state index in [0.29, 0.717) is 44.3 Å². The number of aromatic nitrogens is 2. The number of carbonyl (C=O) groups excluding carboxylic acids is 4. The summed E-state index contributed by atoms with van der Waals surface area (Å²) in [7, 11) is 3.29. The van der Waals surface area contributed by atoms with Crippen molar-refractivity contribution in [3.05, 3.63) is 71.5 Å². The van der Waals surface area contributed by atoms with Gasteiger partial charge < -0.3 is 35.1 Å². The Hall–Kier alpha value is -5.31. The molecule has 0 radical (unpaired) electrons. The van der Waals surface area contributed by atoms with E-state index in [-0.39, 0.29) is 48.7 Å². The number of rotatable bonds is 9.